The lowest BCUT2D eigenvalue weighted by atomic mass is 9.83. The van der Waals surface area contributed by atoms with E-state index in [-0.39, 0.29) is 35.0 Å². The van der Waals surface area contributed by atoms with Gasteiger partial charge in [-0.25, -0.2) is 13.6 Å². The monoisotopic (exact) mass is 444 g/mol. The van der Waals surface area contributed by atoms with Gasteiger partial charge in [-0.1, -0.05) is 19.9 Å². The fraction of sp³-hybridized carbons (Fsp3) is 0.435. The van der Waals surface area contributed by atoms with Crippen LogP contribution in [0.15, 0.2) is 41.2 Å². The molecule has 0 unspecified atom stereocenters. The number of carbonyl (C=O) groups excluding carboxylic acids is 2. The van der Waals surface area contributed by atoms with Crippen molar-refractivity contribution in [1.29, 1.82) is 0 Å². The summed E-state index contributed by atoms with van der Waals surface area (Å²) in [5.41, 5.74) is 0.752. The normalized spacial score (nSPS) is 20.5. The Morgan fingerprint density at radius 1 is 1.09 bits per heavy atom. The number of hydrogen-bond donors (Lipinski definition) is 2. The number of likely N-dealkylation sites (tertiary alicyclic amines) is 1. The number of carbonyl (C=O) groups is 2. The molecule has 2 aromatic rings. The molecule has 3 heterocycles. The van der Waals surface area contributed by atoms with Crippen molar-refractivity contribution in [1.82, 2.24) is 14.8 Å². The van der Waals surface area contributed by atoms with Crippen molar-refractivity contribution in [2.75, 3.05) is 18.4 Å². The van der Waals surface area contributed by atoms with Crippen LogP contribution in [0.2, 0.25) is 0 Å². The van der Waals surface area contributed by atoms with E-state index in [2.05, 4.69) is 10.6 Å². The highest BCUT2D eigenvalue weighted by Gasteiger charge is 2.37. The molecule has 1 aromatic heterocycles. The number of amides is 3. The summed E-state index contributed by atoms with van der Waals surface area (Å²) in [6.45, 7) is 5.05. The topological polar surface area (TPSA) is 83.4 Å². The zero-order chi connectivity index (χ0) is 23.0. The van der Waals surface area contributed by atoms with Gasteiger partial charge in [0.05, 0.1) is 5.69 Å². The van der Waals surface area contributed by atoms with Gasteiger partial charge in [0.15, 0.2) is 0 Å². The summed E-state index contributed by atoms with van der Waals surface area (Å²) >= 11 is 0. The van der Waals surface area contributed by atoms with Crippen molar-refractivity contribution in [2.24, 2.45) is 11.8 Å². The van der Waals surface area contributed by atoms with Crippen LogP contribution >= 0.6 is 0 Å². The highest BCUT2D eigenvalue weighted by Crippen LogP contribution is 2.35. The first kappa shape index (κ1) is 22.0. The standard InChI is InChI=1S/C23H26F2N4O3/c1-13(2)21(22(31)26-18-7-6-16(24)9-17(18)25)27-23(32)28-10-14-8-15(12-28)19-4-3-5-20(30)29(19)11-14/h3-7,9,13-15,21H,8,10-12H2,1-2H3,(H,26,31)(H,27,32)/t14-,15-,21-/m0/s1. The molecule has 3 amide bonds. The Labute approximate surface area is 184 Å². The second-order valence-corrected chi connectivity index (χ2v) is 8.89. The maximum Gasteiger partial charge on any atom is 0.318 e. The van der Waals surface area contributed by atoms with E-state index >= 15 is 0 Å². The summed E-state index contributed by atoms with van der Waals surface area (Å²) in [4.78, 5) is 39.7. The number of halogens is 2. The van der Waals surface area contributed by atoms with E-state index in [0.29, 0.717) is 25.7 Å². The summed E-state index contributed by atoms with van der Waals surface area (Å²) < 4.78 is 28.9. The first-order chi connectivity index (χ1) is 15.2. The molecule has 4 rings (SSSR count). The molecule has 32 heavy (non-hydrogen) atoms. The Bertz CT molecular complexity index is 1100. The molecule has 2 N–H and O–H groups in total. The van der Waals surface area contributed by atoms with Gasteiger partial charge in [0.25, 0.3) is 5.56 Å². The van der Waals surface area contributed by atoms with Crippen molar-refractivity contribution >= 4 is 17.6 Å². The number of pyridine rings is 1. The highest BCUT2D eigenvalue weighted by atomic mass is 19.1. The number of rotatable bonds is 4. The maximum atomic E-state index is 13.9. The lowest BCUT2D eigenvalue weighted by molar-refractivity contribution is -0.118. The fourth-order valence-corrected chi connectivity index (χ4v) is 4.62. The van der Waals surface area contributed by atoms with Crippen molar-refractivity contribution in [3.8, 4) is 0 Å². The zero-order valence-electron chi connectivity index (χ0n) is 18.0. The Kier molecular flexibility index (Phi) is 5.99. The van der Waals surface area contributed by atoms with Gasteiger partial charge in [0, 0.05) is 43.4 Å². The molecule has 2 aliphatic heterocycles. The predicted molar refractivity (Wildman–Crippen MR) is 115 cm³/mol. The van der Waals surface area contributed by atoms with Crippen LogP contribution in [0, 0.1) is 23.5 Å². The summed E-state index contributed by atoms with van der Waals surface area (Å²) in [6, 6.07) is 6.82. The molecule has 1 fully saturated rings. The van der Waals surface area contributed by atoms with Gasteiger partial charge in [0.2, 0.25) is 5.91 Å². The van der Waals surface area contributed by atoms with Crippen LogP contribution in [0.1, 0.15) is 31.9 Å². The minimum Gasteiger partial charge on any atom is -0.326 e. The Morgan fingerprint density at radius 3 is 2.59 bits per heavy atom. The van der Waals surface area contributed by atoms with Crippen molar-refractivity contribution in [2.45, 2.75) is 38.8 Å². The van der Waals surface area contributed by atoms with Gasteiger partial charge in [0.1, 0.15) is 17.7 Å². The van der Waals surface area contributed by atoms with Crippen LogP contribution in [-0.2, 0) is 11.3 Å². The number of hydrogen-bond acceptors (Lipinski definition) is 3. The molecule has 0 spiro atoms. The molecule has 1 saturated heterocycles. The molecule has 170 valence electrons. The second kappa shape index (κ2) is 8.72. The third kappa shape index (κ3) is 4.37. The molecule has 0 aliphatic carbocycles. The molecule has 3 atom stereocenters. The number of benzene rings is 1. The molecule has 0 saturated carbocycles. The molecule has 9 heteroatoms. The van der Waals surface area contributed by atoms with Crippen molar-refractivity contribution in [3.63, 3.8) is 0 Å². The number of anilines is 1. The number of fused-ring (bicyclic) bond motifs is 4. The quantitative estimate of drug-likeness (QED) is 0.761. The minimum atomic E-state index is -0.899. The van der Waals surface area contributed by atoms with Crippen LogP contribution < -0.4 is 16.2 Å². The minimum absolute atomic E-state index is 0.0281. The number of nitrogens with one attached hydrogen (secondary N) is 2. The highest BCUT2D eigenvalue weighted by molar-refractivity contribution is 5.97. The predicted octanol–water partition coefficient (Wildman–Crippen LogP) is 2.92. The largest absolute Gasteiger partial charge is 0.326 e. The second-order valence-electron chi connectivity index (χ2n) is 8.89. The van der Waals surface area contributed by atoms with Gasteiger partial charge in [-0.3, -0.25) is 9.59 Å². The van der Waals surface area contributed by atoms with Crippen LogP contribution in [0.3, 0.4) is 0 Å². The Morgan fingerprint density at radius 2 is 1.88 bits per heavy atom. The van der Waals surface area contributed by atoms with E-state index in [0.717, 1.165) is 24.2 Å². The molecular formula is C23H26F2N4O3. The summed E-state index contributed by atoms with van der Waals surface area (Å²) in [5, 5.41) is 5.21. The molecule has 2 aliphatic rings. The number of urea groups is 1. The van der Waals surface area contributed by atoms with Crippen LogP contribution in [0.25, 0.3) is 0 Å². The van der Waals surface area contributed by atoms with E-state index in [1.54, 1.807) is 35.4 Å². The first-order valence-electron chi connectivity index (χ1n) is 10.7. The molecular weight excluding hydrogens is 418 g/mol. The smallest absolute Gasteiger partial charge is 0.318 e. The Balaban J connectivity index is 1.45. The van der Waals surface area contributed by atoms with Gasteiger partial charge >= 0.3 is 6.03 Å². The molecule has 0 radical (unpaired) electrons. The van der Waals surface area contributed by atoms with Gasteiger partial charge in [-0.2, -0.15) is 0 Å². The third-order valence-electron chi connectivity index (χ3n) is 6.18. The lowest BCUT2D eigenvalue weighted by Gasteiger charge is -2.43. The first-order valence-corrected chi connectivity index (χ1v) is 10.7. The van der Waals surface area contributed by atoms with Gasteiger partial charge in [-0.05, 0) is 36.5 Å². The Hall–Kier alpha value is -3.23. The van der Waals surface area contributed by atoms with Gasteiger partial charge < -0.3 is 20.1 Å². The molecule has 2 bridgehead atoms. The summed E-state index contributed by atoms with van der Waals surface area (Å²) in [6.07, 6.45) is 0.908. The maximum absolute atomic E-state index is 13.9. The average molecular weight is 444 g/mol. The number of aromatic nitrogens is 1. The number of nitrogens with zero attached hydrogens (tertiary/aromatic N) is 2. The van der Waals surface area contributed by atoms with E-state index in [4.69, 9.17) is 0 Å². The number of piperidine rings is 1. The SMILES string of the molecule is CC(C)[C@H](NC(=O)N1C[C@@H]2C[C@@H](C1)c1cccc(=O)n1C2)C(=O)Nc1ccc(F)cc1F. The van der Waals surface area contributed by atoms with E-state index in [1.165, 1.54) is 0 Å². The summed E-state index contributed by atoms with van der Waals surface area (Å²) in [5.74, 6) is -2.24. The van der Waals surface area contributed by atoms with E-state index in [9.17, 15) is 23.2 Å². The van der Waals surface area contributed by atoms with Crippen LogP contribution in [0.5, 0.6) is 0 Å². The van der Waals surface area contributed by atoms with Crippen LogP contribution in [0.4, 0.5) is 19.3 Å². The molecule has 1 aromatic carbocycles. The van der Waals surface area contributed by atoms with Crippen molar-refractivity contribution in [3.05, 3.63) is 64.1 Å². The summed E-state index contributed by atoms with van der Waals surface area (Å²) in [7, 11) is 0. The third-order valence-corrected chi connectivity index (χ3v) is 6.18. The lowest BCUT2D eigenvalue weighted by Crippen LogP contribution is -2.56. The average Bonchev–Trinajstić information content (AvgIpc) is 2.74. The van der Waals surface area contributed by atoms with E-state index < -0.39 is 23.6 Å². The van der Waals surface area contributed by atoms with Crippen LogP contribution in [-0.4, -0.2) is 40.5 Å². The van der Waals surface area contributed by atoms with E-state index in [1.807, 2.05) is 6.07 Å². The molecule has 7 nitrogen and oxygen atoms in total. The fourth-order valence-electron chi connectivity index (χ4n) is 4.62. The van der Waals surface area contributed by atoms with Crippen molar-refractivity contribution < 1.29 is 18.4 Å². The van der Waals surface area contributed by atoms with Gasteiger partial charge in [-0.15, -0.1) is 0 Å². The zero-order valence-corrected chi connectivity index (χ0v) is 18.0.